The van der Waals surface area contributed by atoms with Crippen LogP contribution >= 0.6 is 0 Å². The van der Waals surface area contributed by atoms with Gasteiger partial charge in [0.1, 0.15) is 0 Å². The fourth-order valence-corrected chi connectivity index (χ4v) is 3.87. The molecule has 0 spiro atoms. The first kappa shape index (κ1) is 10.8. The second-order valence-corrected chi connectivity index (χ2v) is 5.91. The van der Waals surface area contributed by atoms with Crippen molar-refractivity contribution < 1.29 is 9.53 Å². The monoisotopic (exact) mass is 273 g/mol. The molecule has 0 atom stereocenters. The van der Waals surface area contributed by atoms with E-state index in [-0.39, 0.29) is 20.5 Å². The van der Waals surface area contributed by atoms with Crippen LogP contribution in [0.2, 0.25) is 0 Å². The van der Waals surface area contributed by atoms with Gasteiger partial charge in [-0.15, -0.1) is 0 Å². The Kier molecular flexibility index (Phi) is 3.49. The maximum atomic E-state index is 11.3. The fourth-order valence-electron chi connectivity index (χ4n) is 1.82. The van der Waals surface area contributed by atoms with Crippen LogP contribution in [0.15, 0.2) is 12.1 Å². The number of nitrogens with zero attached hydrogens (tertiary/aromatic N) is 1. The van der Waals surface area contributed by atoms with Crippen molar-refractivity contribution >= 4 is 25.0 Å². The van der Waals surface area contributed by atoms with E-state index in [9.17, 15) is 4.79 Å². The van der Waals surface area contributed by atoms with Gasteiger partial charge in [-0.25, -0.2) is 0 Å². The topological polar surface area (TPSA) is 29.5 Å². The first-order chi connectivity index (χ1) is 7.31. The zero-order valence-corrected chi connectivity index (χ0v) is 10.6. The van der Waals surface area contributed by atoms with E-state index in [0.717, 1.165) is 17.5 Å². The summed E-state index contributed by atoms with van der Waals surface area (Å²) in [7, 11) is 1.44. The summed E-state index contributed by atoms with van der Waals surface area (Å²) in [6.07, 6.45) is 3.90. The average Bonchev–Trinajstić information content (AvgIpc) is 2.78. The molecule has 82 valence electrons. The summed E-state index contributed by atoms with van der Waals surface area (Å²) >= 11 is 0.157. The zero-order chi connectivity index (χ0) is 10.7. The van der Waals surface area contributed by atoms with E-state index >= 15 is 0 Å². The summed E-state index contributed by atoms with van der Waals surface area (Å²) in [4.78, 5) is 13.7. The molecule has 1 saturated heterocycles. The Balaban J connectivity index is 2.08. The molecular weight excluding hydrogens is 257 g/mol. The van der Waals surface area contributed by atoms with E-state index < -0.39 is 0 Å². The Hall–Kier alpha value is -0.731. The van der Waals surface area contributed by atoms with E-state index in [1.165, 1.54) is 30.9 Å². The summed E-state index contributed by atoms with van der Waals surface area (Å²) in [5, 5.41) is 0. The molecule has 1 aliphatic rings. The van der Waals surface area contributed by atoms with Crippen LogP contribution in [0.5, 0.6) is 0 Å². The van der Waals surface area contributed by atoms with E-state index in [2.05, 4.69) is 11.0 Å². The van der Waals surface area contributed by atoms with Crippen LogP contribution in [0, 0.1) is 0 Å². The SMILES string of the molecule is COC(=O)c1ccc(N2CCCCC2)[se]1. The number of anilines is 1. The third-order valence-electron chi connectivity index (χ3n) is 2.65. The molecular formula is C11H15NO2Se. The third kappa shape index (κ3) is 2.44. The van der Waals surface area contributed by atoms with Crippen LogP contribution in [0.1, 0.15) is 28.5 Å². The first-order valence-corrected chi connectivity index (χ1v) is 6.95. The van der Waals surface area contributed by atoms with Crippen LogP contribution in [-0.2, 0) is 4.74 Å². The van der Waals surface area contributed by atoms with Crippen molar-refractivity contribution in [2.75, 3.05) is 25.1 Å². The average molecular weight is 272 g/mol. The zero-order valence-electron chi connectivity index (χ0n) is 8.86. The molecule has 0 N–H and O–H groups in total. The molecule has 2 rings (SSSR count). The fraction of sp³-hybridized carbons (Fsp3) is 0.545. The van der Waals surface area contributed by atoms with Gasteiger partial charge in [0.2, 0.25) is 0 Å². The summed E-state index contributed by atoms with van der Waals surface area (Å²) < 4.78 is 6.90. The number of carbonyl (C=O) groups is 1. The van der Waals surface area contributed by atoms with E-state index in [0.29, 0.717) is 0 Å². The Morgan fingerprint density at radius 1 is 1.33 bits per heavy atom. The van der Waals surface area contributed by atoms with Gasteiger partial charge in [0.15, 0.2) is 0 Å². The third-order valence-corrected chi connectivity index (χ3v) is 5.01. The Labute approximate surface area is 95.8 Å². The summed E-state index contributed by atoms with van der Waals surface area (Å²) in [5.41, 5.74) is 0. The summed E-state index contributed by atoms with van der Waals surface area (Å²) in [5.74, 6) is -0.168. The van der Waals surface area contributed by atoms with Gasteiger partial charge in [-0.3, -0.25) is 0 Å². The molecule has 0 saturated carbocycles. The van der Waals surface area contributed by atoms with Gasteiger partial charge in [0, 0.05) is 0 Å². The van der Waals surface area contributed by atoms with Gasteiger partial charge < -0.3 is 0 Å². The number of methoxy groups -OCH3 is 1. The predicted molar refractivity (Wildman–Crippen MR) is 60.8 cm³/mol. The predicted octanol–water partition coefficient (Wildman–Crippen LogP) is 1.52. The minimum atomic E-state index is -0.168. The van der Waals surface area contributed by atoms with Gasteiger partial charge in [-0.2, -0.15) is 0 Å². The first-order valence-electron chi connectivity index (χ1n) is 5.24. The molecule has 1 aromatic heterocycles. The second-order valence-electron chi connectivity index (χ2n) is 3.68. The van der Waals surface area contributed by atoms with Gasteiger partial charge in [0.25, 0.3) is 0 Å². The van der Waals surface area contributed by atoms with Gasteiger partial charge in [0.05, 0.1) is 0 Å². The van der Waals surface area contributed by atoms with Crippen molar-refractivity contribution in [1.82, 2.24) is 0 Å². The standard InChI is InChI=1S/C11H15NO2Se/c1-14-11(13)9-5-6-10(15-9)12-7-3-2-4-8-12/h5-6H,2-4,7-8H2,1H3. The molecule has 3 nitrogen and oxygen atoms in total. The molecule has 0 amide bonds. The van der Waals surface area contributed by atoms with Crippen LogP contribution in [0.4, 0.5) is 4.56 Å². The van der Waals surface area contributed by atoms with Gasteiger partial charge in [-0.1, -0.05) is 0 Å². The number of ether oxygens (including phenoxy) is 1. The van der Waals surface area contributed by atoms with E-state index in [1.54, 1.807) is 0 Å². The maximum absolute atomic E-state index is 11.3. The molecule has 1 fully saturated rings. The molecule has 0 aromatic carbocycles. The summed E-state index contributed by atoms with van der Waals surface area (Å²) in [6, 6.07) is 3.99. The Morgan fingerprint density at radius 3 is 2.73 bits per heavy atom. The van der Waals surface area contributed by atoms with Crippen molar-refractivity contribution in [2.24, 2.45) is 0 Å². The van der Waals surface area contributed by atoms with Gasteiger partial charge >= 0.3 is 95.5 Å². The van der Waals surface area contributed by atoms with Crippen molar-refractivity contribution in [2.45, 2.75) is 19.3 Å². The van der Waals surface area contributed by atoms with Crippen molar-refractivity contribution in [3.63, 3.8) is 0 Å². The number of carbonyl (C=O) groups excluding carboxylic acids is 1. The number of hydrogen-bond donors (Lipinski definition) is 0. The van der Waals surface area contributed by atoms with Crippen molar-refractivity contribution in [3.8, 4) is 0 Å². The molecule has 0 unspecified atom stereocenters. The number of hydrogen-bond acceptors (Lipinski definition) is 3. The quantitative estimate of drug-likeness (QED) is 0.604. The molecule has 4 heteroatoms. The van der Waals surface area contributed by atoms with Crippen molar-refractivity contribution in [3.05, 3.63) is 16.6 Å². The molecule has 0 radical (unpaired) electrons. The van der Waals surface area contributed by atoms with Crippen LogP contribution < -0.4 is 4.90 Å². The molecule has 1 aliphatic heterocycles. The number of piperidine rings is 1. The molecule has 0 aliphatic carbocycles. The van der Waals surface area contributed by atoms with Crippen LogP contribution in [0.3, 0.4) is 0 Å². The van der Waals surface area contributed by atoms with Crippen LogP contribution in [0.25, 0.3) is 0 Å². The molecule has 15 heavy (non-hydrogen) atoms. The molecule has 2 heterocycles. The molecule has 0 bridgehead atoms. The van der Waals surface area contributed by atoms with E-state index in [1.807, 2.05) is 6.07 Å². The second kappa shape index (κ2) is 4.86. The van der Waals surface area contributed by atoms with Crippen molar-refractivity contribution in [1.29, 1.82) is 0 Å². The number of esters is 1. The Bertz CT molecular complexity index is 342. The minimum absolute atomic E-state index is 0.157. The summed E-state index contributed by atoms with van der Waals surface area (Å²) in [6.45, 7) is 2.30. The Morgan fingerprint density at radius 2 is 2.07 bits per heavy atom. The van der Waals surface area contributed by atoms with Crippen LogP contribution in [-0.4, -0.2) is 40.7 Å². The number of rotatable bonds is 2. The normalized spacial score (nSPS) is 16.5. The van der Waals surface area contributed by atoms with E-state index in [4.69, 9.17) is 4.74 Å². The van der Waals surface area contributed by atoms with Gasteiger partial charge in [-0.05, 0) is 0 Å². The molecule has 1 aromatic rings.